The maximum absolute atomic E-state index is 12.6. The van der Waals surface area contributed by atoms with Crippen LogP contribution in [0.25, 0.3) is 0 Å². The first-order valence-electron chi connectivity index (χ1n) is 8.61. The Balaban J connectivity index is 1.79. The minimum absolute atomic E-state index is 0.219. The molecule has 5 nitrogen and oxygen atoms in total. The number of benzene rings is 3. The molecular weight excluding hydrogens is 378 g/mol. The molecule has 0 aliphatic rings. The summed E-state index contributed by atoms with van der Waals surface area (Å²) in [5.74, 6) is 1.60. The summed E-state index contributed by atoms with van der Waals surface area (Å²) in [6.45, 7) is 0.219. The Morgan fingerprint density at radius 2 is 1.57 bits per heavy atom. The van der Waals surface area contributed by atoms with Crippen molar-refractivity contribution in [1.82, 2.24) is 0 Å². The molecule has 0 radical (unpaired) electrons. The number of nitrogens with one attached hydrogen (secondary N) is 1. The van der Waals surface area contributed by atoms with Crippen molar-refractivity contribution in [2.24, 2.45) is 0 Å². The number of para-hydroxylation sites is 3. The molecule has 0 atom stereocenters. The number of methoxy groups -OCH3 is 2. The van der Waals surface area contributed by atoms with Crippen LogP contribution in [0.4, 0.5) is 5.69 Å². The minimum atomic E-state index is -0.269. The number of carbonyl (C=O) groups excluding carboxylic acids is 1. The Kier molecular flexibility index (Phi) is 6.40. The van der Waals surface area contributed by atoms with E-state index in [1.54, 1.807) is 50.6 Å². The number of halogens is 1. The molecule has 0 saturated carbocycles. The number of anilines is 1. The smallest absolute Gasteiger partial charge is 0.255 e. The first-order valence-corrected chi connectivity index (χ1v) is 8.98. The molecule has 0 spiro atoms. The largest absolute Gasteiger partial charge is 0.496 e. The minimum Gasteiger partial charge on any atom is -0.496 e. The van der Waals surface area contributed by atoms with Crippen LogP contribution in [0.3, 0.4) is 0 Å². The molecule has 0 bridgehead atoms. The normalized spacial score (nSPS) is 10.2. The SMILES string of the molecule is COc1ccc(C(=O)Nc2ccccc2Cl)cc1COc1ccccc1OC. The lowest BCUT2D eigenvalue weighted by Gasteiger charge is -2.14. The average Bonchev–Trinajstić information content (AvgIpc) is 2.73. The molecule has 0 saturated heterocycles. The molecule has 0 heterocycles. The summed E-state index contributed by atoms with van der Waals surface area (Å²) >= 11 is 6.11. The fourth-order valence-electron chi connectivity index (χ4n) is 2.68. The van der Waals surface area contributed by atoms with Crippen LogP contribution in [0, 0.1) is 0 Å². The second kappa shape index (κ2) is 9.15. The molecule has 0 fully saturated rings. The van der Waals surface area contributed by atoms with Crippen LogP contribution in [0.2, 0.25) is 5.02 Å². The summed E-state index contributed by atoms with van der Waals surface area (Å²) < 4.78 is 16.6. The quantitative estimate of drug-likeness (QED) is 0.596. The zero-order valence-corrected chi connectivity index (χ0v) is 16.3. The topological polar surface area (TPSA) is 56.8 Å². The molecule has 144 valence electrons. The van der Waals surface area contributed by atoms with E-state index in [1.165, 1.54) is 0 Å². The molecule has 0 aromatic heterocycles. The molecule has 3 aromatic rings. The fourth-order valence-corrected chi connectivity index (χ4v) is 2.87. The fraction of sp³-hybridized carbons (Fsp3) is 0.136. The zero-order chi connectivity index (χ0) is 19.9. The van der Waals surface area contributed by atoms with Crippen molar-refractivity contribution in [2.75, 3.05) is 19.5 Å². The second-order valence-corrected chi connectivity index (χ2v) is 6.31. The lowest BCUT2D eigenvalue weighted by Crippen LogP contribution is -2.13. The van der Waals surface area contributed by atoms with Gasteiger partial charge in [-0.25, -0.2) is 0 Å². The van der Waals surface area contributed by atoms with Crippen LogP contribution in [0.15, 0.2) is 66.7 Å². The highest BCUT2D eigenvalue weighted by molar-refractivity contribution is 6.33. The van der Waals surface area contributed by atoms with Gasteiger partial charge in [0.2, 0.25) is 0 Å². The summed E-state index contributed by atoms with van der Waals surface area (Å²) in [5, 5.41) is 3.29. The van der Waals surface area contributed by atoms with Crippen LogP contribution in [-0.4, -0.2) is 20.1 Å². The van der Waals surface area contributed by atoms with E-state index < -0.39 is 0 Å². The molecule has 6 heteroatoms. The number of hydrogen-bond acceptors (Lipinski definition) is 4. The van der Waals surface area contributed by atoms with E-state index in [1.807, 2.05) is 30.3 Å². The van der Waals surface area contributed by atoms with Crippen LogP contribution < -0.4 is 19.5 Å². The van der Waals surface area contributed by atoms with Crippen LogP contribution in [0.1, 0.15) is 15.9 Å². The molecule has 3 rings (SSSR count). The molecule has 0 aliphatic carbocycles. The first-order chi connectivity index (χ1) is 13.6. The van der Waals surface area contributed by atoms with Gasteiger partial charge in [0.1, 0.15) is 12.4 Å². The second-order valence-electron chi connectivity index (χ2n) is 5.90. The van der Waals surface area contributed by atoms with Crippen molar-refractivity contribution in [3.05, 3.63) is 82.9 Å². The van der Waals surface area contributed by atoms with Crippen molar-refractivity contribution in [3.8, 4) is 17.2 Å². The van der Waals surface area contributed by atoms with Gasteiger partial charge in [-0.15, -0.1) is 0 Å². The Morgan fingerprint density at radius 1 is 0.893 bits per heavy atom. The molecule has 28 heavy (non-hydrogen) atoms. The van der Waals surface area contributed by atoms with Gasteiger partial charge in [-0.1, -0.05) is 35.9 Å². The van der Waals surface area contributed by atoms with Gasteiger partial charge in [0.15, 0.2) is 11.5 Å². The Morgan fingerprint density at radius 3 is 2.29 bits per heavy atom. The third-order valence-electron chi connectivity index (χ3n) is 4.12. The molecule has 0 unspecified atom stereocenters. The summed E-state index contributed by atoms with van der Waals surface area (Å²) in [7, 11) is 3.16. The Labute approximate surface area is 168 Å². The van der Waals surface area contributed by atoms with Crippen molar-refractivity contribution < 1.29 is 19.0 Å². The molecule has 0 aliphatic heterocycles. The molecule has 3 aromatic carbocycles. The van der Waals surface area contributed by atoms with Gasteiger partial charge in [0.05, 0.1) is 24.9 Å². The van der Waals surface area contributed by atoms with E-state index in [0.717, 1.165) is 5.56 Å². The third-order valence-corrected chi connectivity index (χ3v) is 4.45. The first kappa shape index (κ1) is 19.6. The van der Waals surface area contributed by atoms with Gasteiger partial charge in [-0.3, -0.25) is 4.79 Å². The number of ether oxygens (including phenoxy) is 3. The summed E-state index contributed by atoms with van der Waals surface area (Å²) in [4.78, 5) is 12.6. The van der Waals surface area contributed by atoms with E-state index in [4.69, 9.17) is 25.8 Å². The van der Waals surface area contributed by atoms with Gasteiger partial charge in [0, 0.05) is 11.1 Å². The van der Waals surface area contributed by atoms with Gasteiger partial charge < -0.3 is 19.5 Å². The van der Waals surface area contributed by atoms with Gasteiger partial charge in [-0.2, -0.15) is 0 Å². The summed E-state index contributed by atoms with van der Waals surface area (Å²) in [6.07, 6.45) is 0. The lowest BCUT2D eigenvalue weighted by atomic mass is 10.1. The number of rotatable bonds is 7. The maximum atomic E-state index is 12.6. The highest BCUT2D eigenvalue weighted by atomic mass is 35.5. The van der Waals surface area contributed by atoms with Crippen molar-refractivity contribution in [3.63, 3.8) is 0 Å². The van der Waals surface area contributed by atoms with Crippen molar-refractivity contribution in [1.29, 1.82) is 0 Å². The monoisotopic (exact) mass is 397 g/mol. The zero-order valence-electron chi connectivity index (χ0n) is 15.6. The molecular formula is C22H20ClNO4. The third kappa shape index (κ3) is 4.56. The standard InChI is InChI=1S/C22H20ClNO4/c1-26-19-12-11-15(22(25)24-18-8-4-3-7-17(18)23)13-16(19)14-28-21-10-6-5-9-20(21)27-2/h3-13H,14H2,1-2H3,(H,24,25). The summed E-state index contributed by atoms with van der Waals surface area (Å²) in [5.41, 5.74) is 1.76. The predicted octanol–water partition coefficient (Wildman–Crippen LogP) is 5.19. The molecule has 1 N–H and O–H groups in total. The van der Waals surface area contributed by atoms with E-state index in [9.17, 15) is 4.79 Å². The van der Waals surface area contributed by atoms with E-state index in [0.29, 0.717) is 33.5 Å². The number of carbonyl (C=O) groups is 1. The highest BCUT2D eigenvalue weighted by Crippen LogP contribution is 2.29. The van der Waals surface area contributed by atoms with Gasteiger partial charge in [0.25, 0.3) is 5.91 Å². The molecule has 1 amide bonds. The number of amides is 1. The summed E-state index contributed by atoms with van der Waals surface area (Å²) in [6, 6.07) is 19.6. The van der Waals surface area contributed by atoms with Crippen molar-refractivity contribution >= 4 is 23.2 Å². The van der Waals surface area contributed by atoms with E-state index in [-0.39, 0.29) is 12.5 Å². The van der Waals surface area contributed by atoms with Crippen LogP contribution in [-0.2, 0) is 6.61 Å². The lowest BCUT2D eigenvalue weighted by molar-refractivity contribution is 0.102. The Bertz CT molecular complexity index is 974. The maximum Gasteiger partial charge on any atom is 0.255 e. The van der Waals surface area contributed by atoms with Crippen molar-refractivity contribution in [2.45, 2.75) is 6.61 Å². The van der Waals surface area contributed by atoms with Gasteiger partial charge in [-0.05, 0) is 42.5 Å². The van der Waals surface area contributed by atoms with Crippen LogP contribution >= 0.6 is 11.6 Å². The Hall–Kier alpha value is -3.18. The highest BCUT2D eigenvalue weighted by Gasteiger charge is 2.13. The van der Waals surface area contributed by atoms with Gasteiger partial charge >= 0.3 is 0 Å². The van der Waals surface area contributed by atoms with E-state index >= 15 is 0 Å². The predicted molar refractivity (Wildman–Crippen MR) is 110 cm³/mol. The van der Waals surface area contributed by atoms with Crippen LogP contribution in [0.5, 0.6) is 17.2 Å². The number of hydrogen-bond donors (Lipinski definition) is 1. The average molecular weight is 398 g/mol. The van der Waals surface area contributed by atoms with E-state index in [2.05, 4.69) is 5.32 Å².